The molecule has 4 heteroatoms. The SMILES string of the molecule is Cc1cc2nc(-c3ccc(CNC(=O)Cc4ccccc4)cc3)oc2cc1C. The van der Waals surface area contributed by atoms with Gasteiger partial charge in [-0.2, -0.15) is 0 Å². The van der Waals surface area contributed by atoms with Crippen LogP contribution in [0.4, 0.5) is 0 Å². The van der Waals surface area contributed by atoms with Gasteiger partial charge >= 0.3 is 0 Å². The Morgan fingerprint density at radius 3 is 2.39 bits per heavy atom. The Morgan fingerprint density at radius 1 is 0.929 bits per heavy atom. The van der Waals surface area contributed by atoms with Crippen LogP contribution >= 0.6 is 0 Å². The third kappa shape index (κ3) is 3.96. The first kappa shape index (κ1) is 18.0. The van der Waals surface area contributed by atoms with E-state index in [1.54, 1.807) is 0 Å². The summed E-state index contributed by atoms with van der Waals surface area (Å²) in [5, 5.41) is 2.96. The third-order valence-corrected chi connectivity index (χ3v) is 4.90. The molecule has 1 amide bonds. The summed E-state index contributed by atoms with van der Waals surface area (Å²) in [6.07, 6.45) is 0.390. The number of aryl methyl sites for hydroxylation is 2. The zero-order valence-electron chi connectivity index (χ0n) is 16.0. The molecule has 0 spiro atoms. The number of hydrogen-bond donors (Lipinski definition) is 1. The standard InChI is InChI=1S/C24H22N2O2/c1-16-12-21-22(13-17(16)2)28-24(26-21)20-10-8-19(9-11-20)15-25-23(27)14-18-6-4-3-5-7-18/h3-13H,14-15H2,1-2H3,(H,25,27). The molecule has 0 saturated carbocycles. The van der Waals surface area contributed by atoms with Crippen LogP contribution in [0, 0.1) is 13.8 Å². The average molecular weight is 370 g/mol. The highest BCUT2D eigenvalue weighted by Crippen LogP contribution is 2.26. The topological polar surface area (TPSA) is 55.1 Å². The summed E-state index contributed by atoms with van der Waals surface area (Å²) < 4.78 is 5.91. The average Bonchev–Trinajstić information content (AvgIpc) is 3.10. The molecular formula is C24H22N2O2. The van der Waals surface area contributed by atoms with Crippen molar-refractivity contribution in [1.82, 2.24) is 10.3 Å². The fourth-order valence-electron chi connectivity index (χ4n) is 3.11. The smallest absolute Gasteiger partial charge is 0.227 e. The first-order valence-electron chi connectivity index (χ1n) is 9.36. The van der Waals surface area contributed by atoms with E-state index in [-0.39, 0.29) is 5.91 Å². The number of benzene rings is 3. The van der Waals surface area contributed by atoms with Gasteiger partial charge < -0.3 is 9.73 Å². The zero-order valence-corrected chi connectivity index (χ0v) is 16.0. The fraction of sp³-hybridized carbons (Fsp3) is 0.167. The van der Waals surface area contributed by atoms with Crippen molar-refractivity contribution in [3.8, 4) is 11.5 Å². The van der Waals surface area contributed by atoms with E-state index in [1.807, 2.05) is 66.7 Å². The van der Waals surface area contributed by atoms with E-state index in [2.05, 4.69) is 24.1 Å². The van der Waals surface area contributed by atoms with Gasteiger partial charge in [-0.05, 0) is 60.4 Å². The quantitative estimate of drug-likeness (QED) is 0.540. The van der Waals surface area contributed by atoms with Crippen LogP contribution in [-0.2, 0) is 17.8 Å². The monoisotopic (exact) mass is 370 g/mol. The predicted molar refractivity (Wildman–Crippen MR) is 111 cm³/mol. The second kappa shape index (κ2) is 7.69. The number of oxazole rings is 1. The van der Waals surface area contributed by atoms with Gasteiger partial charge in [0.25, 0.3) is 0 Å². The Kier molecular flexibility index (Phi) is 4.94. The van der Waals surface area contributed by atoms with E-state index < -0.39 is 0 Å². The van der Waals surface area contributed by atoms with Crippen LogP contribution in [0.15, 0.2) is 71.1 Å². The number of hydrogen-bond acceptors (Lipinski definition) is 3. The Balaban J connectivity index is 1.42. The molecule has 4 aromatic rings. The summed E-state index contributed by atoms with van der Waals surface area (Å²) in [5.74, 6) is 0.625. The van der Waals surface area contributed by atoms with Crippen molar-refractivity contribution in [3.63, 3.8) is 0 Å². The van der Waals surface area contributed by atoms with Crippen molar-refractivity contribution in [2.75, 3.05) is 0 Å². The Hall–Kier alpha value is -3.40. The van der Waals surface area contributed by atoms with Crippen LogP contribution in [0.2, 0.25) is 0 Å². The lowest BCUT2D eigenvalue weighted by molar-refractivity contribution is -0.120. The van der Waals surface area contributed by atoms with Crippen molar-refractivity contribution in [3.05, 3.63) is 89.0 Å². The summed E-state index contributed by atoms with van der Waals surface area (Å²) in [7, 11) is 0. The van der Waals surface area contributed by atoms with Gasteiger partial charge in [0.2, 0.25) is 11.8 Å². The molecule has 4 nitrogen and oxygen atoms in total. The second-order valence-electron chi connectivity index (χ2n) is 7.06. The number of carbonyl (C=O) groups is 1. The summed E-state index contributed by atoms with van der Waals surface area (Å²) in [6.45, 7) is 4.64. The number of aromatic nitrogens is 1. The van der Waals surface area contributed by atoms with Crippen molar-refractivity contribution < 1.29 is 9.21 Å². The molecule has 0 aliphatic heterocycles. The minimum absolute atomic E-state index is 0.0139. The van der Waals surface area contributed by atoms with E-state index in [0.717, 1.165) is 27.8 Å². The fourth-order valence-corrected chi connectivity index (χ4v) is 3.11. The first-order chi connectivity index (χ1) is 13.6. The lowest BCUT2D eigenvalue weighted by Crippen LogP contribution is -2.24. The van der Waals surface area contributed by atoms with Crippen molar-refractivity contribution in [2.24, 2.45) is 0 Å². The normalized spacial score (nSPS) is 10.9. The minimum atomic E-state index is 0.0139. The predicted octanol–water partition coefficient (Wildman–Crippen LogP) is 4.97. The van der Waals surface area contributed by atoms with Gasteiger partial charge in [0.1, 0.15) is 5.52 Å². The summed E-state index contributed by atoms with van der Waals surface area (Å²) in [5.41, 5.74) is 7.03. The Morgan fingerprint density at radius 2 is 1.64 bits per heavy atom. The molecule has 0 bridgehead atoms. The second-order valence-corrected chi connectivity index (χ2v) is 7.06. The highest BCUT2D eigenvalue weighted by molar-refractivity contribution is 5.79. The maximum absolute atomic E-state index is 12.1. The molecule has 140 valence electrons. The maximum Gasteiger partial charge on any atom is 0.227 e. The van der Waals surface area contributed by atoms with E-state index in [0.29, 0.717) is 18.9 Å². The summed E-state index contributed by atoms with van der Waals surface area (Å²) in [4.78, 5) is 16.7. The molecule has 0 unspecified atom stereocenters. The van der Waals surface area contributed by atoms with Crippen molar-refractivity contribution in [1.29, 1.82) is 0 Å². The molecule has 1 N–H and O–H groups in total. The molecule has 0 aliphatic carbocycles. The van der Waals surface area contributed by atoms with E-state index in [4.69, 9.17) is 4.42 Å². The Bertz CT molecular complexity index is 1070. The first-order valence-corrected chi connectivity index (χ1v) is 9.36. The minimum Gasteiger partial charge on any atom is -0.436 e. The number of rotatable bonds is 5. The molecule has 0 fully saturated rings. The van der Waals surface area contributed by atoms with Crippen LogP contribution in [-0.4, -0.2) is 10.9 Å². The molecule has 3 aromatic carbocycles. The molecule has 28 heavy (non-hydrogen) atoms. The van der Waals surface area contributed by atoms with Crippen LogP contribution in [0.5, 0.6) is 0 Å². The van der Waals surface area contributed by atoms with Crippen LogP contribution < -0.4 is 5.32 Å². The van der Waals surface area contributed by atoms with E-state index >= 15 is 0 Å². The van der Waals surface area contributed by atoms with Crippen LogP contribution in [0.25, 0.3) is 22.6 Å². The lowest BCUT2D eigenvalue weighted by atomic mass is 10.1. The van der Waals surface area contributed by atoms with Gasteiger partial charge in [0.15, 0.2) is 5.58 Å². The maximum atomic E-state index is 12.1. The highest BCUT2D eigenvalue weighted by Gasteiger charge is 2.10. The Labute approximate surface area is 164 Å². The number of nitrogens with zero attached hydrogens (tertiary/aromatic N) is 1. The molecular weight excluding hydrogens is 348 g/mol. The largest absolute Gasteiger partial charge is 0.436 e. The molecule has 1 aromatic heterocycles. The van der Waals surface area contributed by atoms with Crippen molar-refractivity contribution >= 4 is 17.0 Å². The van der Waals surface area contributed by atoms with Gasteiger partial charge in [-0.25, -0.2) is 4.98 Å². The van der Waals surface area contributed by atoms with Gasteiger partial charge in [0.05, 0.1) is 6.42 Å². The van der Waals surface area contributed by atoms with Crippen LogP contribution in [0.1, 0.15) is 22.3 Å². The molecule has 1 heterocycles. The number of nitrogens with one attached hydrogen (secondary N) is 1. The van der Waals surface area contributed by atoms with Gasteiger partial charge in [-0.3, -0.25) is 4.79 Å². The lowest BCUT2D eigenvalue weighted by Gasteiger charge is -2.06. The number of carbonyl (C=O) groups excluding carboxylic acids is 1. The number of amides is 1. The zero-order chi connectivity index (χ0) is 19.5. The van der Waals surface area contributed by atoms with Crippen molar-refractivity contribution in [2.45, 2.75) is 26.8 Å². The van der Waals surface area contributed by atoms with Gasteiger partial charge in [-0.15, -0.1) is 0 Å². The van der Waals surface area contributed by atoms with Gasteiger partial charge in [-0.1, -0.05) is 42.5 Å². The molecule has 0 aliphatic rings. The molecule has 0 atom stereocenters. The van der Waals surface area contributed by atoms with Gasteiger partial charge in [0, 0.05) is 12.1 Å². The van der Waals surface area contributed by atoms with Crippen LogP contribution in [0.3, 0.4) is 0 Å². The summed E-state index contributed by atoms with van der Waals surface area (Å²) in [6, 6.07) is 21.7. The molecule has 0 radical (unpaired) electrons. The third-order valence-electron chi connectivity index (χ3n) is 4.90. The molecule has 4 rings (SSSR count). The molecule has 0 saturated heterocycles. The highest BCUT2D eigenvalue weighted by atomic mass is 16.3. The van der Waals surface area contributed by atoms with E-state index in [1.165, 1.54) is 11.1 Å². The summed E-state index contributed by atoms with van der Waals surface area (Å²) >= 11 is 0. The van der Waals surface area contributed by atoms with E-state index in [9.17, 15) is 4.79 Å². The number of fused-ring (bicyclic) bond motifs is 1.